The molecule has 0 unspecified atom stereocenters. The maximum absolute atomic E-state index is 11.0. The van der Waals surface area contributed by atoms with Gasteiger partial charge in [-0.3, -0.25) is 0 Å². The summed E-state index contributed by atoms with van der Waals surface area (Å²) in [7, 11) is 0. The third-order valence-electron chi connectivity index (χ3n) is 1.88. The molecule has 0 aliphatic rings. The Bertz CT molecular complexity index is 338. The first-order chi connectivity index (χ1) is 7.20. The fraction of sp³-hybridized carbons (Fsp3) is 0.250. The van der Waals surface area contributed by atoms with E-state index < -0.39 is 0 Å². The highest BCUT2D eigenvalue weighted by atomic mass is 35.5. The van der Waals surface area contributed by atoms with E-state index in [4.69, 9.17) is 4.74 Å². The van der Waals surface area contributed by atoms with Crippen LogP contribution in [0.25, 0.3) is 0 Å². The summed E-state index contributed by atoms with van der Waals surface area (Å²) in [5.74, 6) is -0.323. The zero-order valence-electron chi connectivity index (χ0n) is 9.28. The Morgan fingerprint density at radius 3 is 2.56 bits per heavy atom. The number of quaternary nitrogens is 1. The second-order valence-electron chi connectivity index (χ2n) is 3.32. The van der Waals surface area contributed by atoms with Gasteiger partial charge >= 0.3 is 5.97 Å². The smallest absolute Gasteiger partial charge is 0.333 e. The van der Waals surface area contributed by atoms with Crippen LogP contribution in [0, 0.1) is 0 Å². The van der Waals surface area contributed by atoms with Crippen LogP contribution in [0.2, 0.25) is 0 Å². The first kappa shape index (κ1) is 14.7. The van der Waals surface area contributed by atoms with Crippen molar-refractivity contribution in [3.05, 3.63) is 42.5 Å². The van der Waals surface area contributed by atoms with Gasteiger partial charge in [-0.05, 0) is 19.1 Å². The number of hydrogen-bond donors (Lipinski definition) is 1. The zero-order valence-corrected chi connectivity index (χ0v) is 10.0. The van der Waals surface area contributed by atoms with E-state index in [0.717, 1.165) is 12.2 Å². The zero-order chi connectivity index (χ0) is 11.1. The third-order valence-corrected chi connectivity index (χ3v) is 1.88. The molecule has 2 N–H and O–H groups in total. The highest BCUT2D eigenvalue weighted by Gasteiger charge is 2.02. The highest BCUT2D eigenvalue weighted by molar-refractivity contribution is 5.86. The Balaban J connectivity index is 0.00000225. The number of carbonyl (C=O) groups is 1. The molecule has 0 aliphatic heterocycles. The number of hydrogen-bond acceptors (Lipinski definition) is 2. The molecule has 0 saturated heterocycles. The summed E-state index contributed by atoms with van der Waals surface area (Å²) in [5, 5.41) is 2.03. The molecule has 3 nitrogen and oxygen atoms in total. The van der Waals surface area contributed by atoms with Crippen molar-refractivity contribution in [2.24, 2.45) is 0 Å². The Kier molecular flexibility index (Phi) is 7.25. The molecule has 16 heavy (non-hydrogen) atoms. The minimum Gasteiger partial charge on any atom is -1.00 e. The number of halogens is 1. The lowest BCUT2D eigenvalue weighted by atomic mass is 10.3. The second-order valence-corrected chi connectivity index (χ2v) is 3.32. The lowest BCUT2D eigenvalue weighted by Gasteiger charge is -2.03. The molecule has 0 heterocycles. The molecule has 0 bridgehead atoms. The Morgan fingerprint density at radius 2 is 2.00 bits per heavy atom. The standard InChI is InChI=1S/C12H15NO2.ClH/c1-10(2)12(14)15-9-8-13-11-6-4-3-5-7-11;/h3-7,13H,1,8-9H2,2H3;1H. The van der Waals surface area contributed by atoms with E-state index in [-0.39, 0.29) is 18.4 Å². The van der Waals surface area contributed by atoms with Crippen LogP contribution in [0.4, 0.5) is 5.69 Å². The fourth-order valence-corrected chi connectivity index (χ4v) is 1.09. The molecular weight excluding hydrogens is 226 g/mol. The van der Waals surface area contributed by atoms with Crippen molar-refractivity contribution in [2.45, 2.75) is 6.92 Å². The first-order valence-corrected chi connectivity index (χ1v) is 4.91. The van der Waals surface area contributed by atoms with Gasteiger partial charge in [0.05, 0.1) is 0 Å². The summed E-state index contributed by atoms with van der Waals surface area (Å²) in [6.07, 6.45) is 0. The molecule has 0 aromatic heterocycles. The number of esters is 1. The van der Waals surface area contributed by atoms with Gasteiger partial charge in [-0.15, -0.1) is 0 Å². The molecule has 0 amide bonds. The van der Waals surface area contributed by atoms with Crippen molar-refractivity contribution in [3.63, 3.8) is 0 Å². The van der Waals surface area contributed by atoms with Gasteiger partial charge in [-0.1, -0.05) is 24.8 Å². The molecule has 0 saturated carbocycles. The van der Waals surface area contributed by atoms with Crippen LogP contribution < -0.4 is 17.7 Å². The SMILES string of the molecule is C=C(C)C(=O)OCC[NH2+]c1ccccc1.[Cl-]. The van der Waals surface area contributed by atoms with Gasteiger partial charge in [-0.2, -0.15) is 0 Å². The number of nitrogens with two attached hydrogens (primary N) is 1. The van der Waals surface area contributed by atoms with Gasteiger partial charge in [0.2, 0.25) is 0 Å². The molecule has 4 heteroatoms. The topological polar surface area (TPSA) is 42.9 Å². The molecule has 0 spiro atoms. The monoisotopic (exact) mass is 241 g/mol. The predicted octanol–water partition coefficient (Wildman–Crippen LogP) is -2.00. The van der Waals surface area contributed by atoms with Gasteiger partial charge in [0.15, 0.2) is 0 Å². The van der Waals surface area contributed by atoms with E-state index in [1.54, 1.807) is 6.92 Å². The molecular formula is C12H16ClNO2. The molecule has 0 radical (unpaired) electrons. The first-order valence-electron chi connectivity index (χ1n) is 4.91. The Morgan fingerprint density at radius 1 is 1.38 bits per heavy atom. The maximum atomic E-state index is 11.0. The summed E-state index contributed by atoms with van der Waals surface area (Å²) in [6.45, 7) is 6.28. The van der Waals surface area contributed by atoms with Crippen molar-refractivity contribution >= 4 is 11.7 Å². The third kappa shape index (κ3) is 5.53. The van der Waals surface area contributed by atoms with Crippen LogP contribution in [0.5, 0.6) is 0 Å². The second kappa shape index (κ2) is 7.91. The average molecular weight is 242 g/mol. The van der Waals surface area contributed by atoms with Crippen molar-refractivity contribution in [2.75, 3.05) is 13.2 Å². The van der Waals surface area contributed by atoms with Gasteiger partial charge < -0.3 is 22.5 Å². The molecule has 0 aliphatic carbocycles. The minimum absolute atomic E-state index is 0. The molecule has 1 rings (SSSR count). The predicted molar refractivity (Wildman–Crippen MR) is 58.7 cm³/mol. The fourth-order valence-electron chi connectivity index (χ4n) is 1.09. The van der Waals surface area contributed by atoms with Gasteiger partial charge in [0, 0.05) is 5.57 Å². The van der Waals surface area contributed by atoms with E-state index in [9.17, 15) is 4.79 Å². The average Bonchev–Trinajstić information content (AvgIpc) is 2.25. The summed E-state index contributed by atoms with van der Waals surface area (Å²) in [5.41, 5.74) is 1.58. The van der Waals surface area contributed by atoms with Crippen molar-refractivity contribution in [3.8, 4) is 0 Å². The molecule has 0 fully saturated rings. The summed E-state index contributed by atoms with van der Waals surface area (Å²) < 4.78 is 4.96. The normalized spacial score (nSPS) is 9.06. The minimum atomic E-state index is -0.323. The van der Waals surface area contributed by atoms with Gasteiger partial charge in [0.25, 0.3) is 0 Å². The summed E-state index contributed by atoms with van der Waals surface area (Å²) in [4.78, 5) is 11.0. The summed E-state index contributed by atoms with van der Waals surface area (Å²) >= 11 is 0. The lowest BCUT2D eigenvalue weighted by molar-refractivity contribution is -0.573. The quantitative estimate of drug-likeness (QED) is 0.281. The molecule has 1 aromatic rings. The maximum Gasteiger partial charge on any atom is 0.333 e. The Labute approximate surface area is 102 Å². The highest BCUT2D eigenvalue weighted by Crippen LogP contribution is 1.95. The number of rotatable bonds is 5. The van der Waals surface area contributed by atoms with Crippen molar-refractivity contribution in [1.29, 1.82) is 0 Å². The molecule has 88 valence electrons. The van der Waals surface area contributed by atoms with Gasteiger partial charge in [0.1, 0.15) is 18.8 Å². The van der Waals surface area contributed by atoms with Crippen molar-refractivity contribution in [1.82, 2.24) is 0 Å². The summed E-state index contributed by atoms with van der Waals surface area (Å²) in [6, 6.07) is 9.96. The van der Waals surface area contributed by atoms with E-state index in [0.29, 0.717) is 12.2 Å². The Hall–Kier alpha value is -1.32. The number of para-hydroxylation sites is 1. The lowest BCUT2D eigenvalue weighted by Crippen LogP contribution is -3.00. The molecule has 1 aromatic carbocycles. The number of benzene rings is 1. The van der Waals surface area contributed by atoms with E-state index in [1.165, 1.54) is 0 Å². The van der Waals surface area contributed by atoms with E-state index in [1.807, 2.05) is 35.6 Å². The van der Waals surface area contributed by atoms with Crippen LogP contribution in [-0.4, -0.2) is 19.1 Å². The van der Waals surface area contributed by atoms with Crippen molar-refractivity contribution < 1.29 is 27.3 Å². The van der Waals surface area contributed by atoms with Crippen LogP contribution in [0.1, 0.15) is 6.92 Å². The van der Waals surface area contributed by atoms with Crippen LogP contribution in [0.3, 0.4) is 0 Å². The van der Waals surface area contributed by atoms with E-state index in [2.05, 4.69) is 6.58 Å². The van der Waals surface area contributed by atoms with Gasteiger partial charge in [-0.25, -0.2) is 4.79 Å². The molecule has 0 atom stereocenters. The number of ether oxygens (including phenoxy) is 1. The number of carbonyl (C=O) groups excluding carboxylic acids is 1. The van der Waals surface area contributed by atoms with Crippen LogP contribution >= 0.6 is 0 Å². The van der Waals surface area contributed by atoms with E-state index >= 15 is 0 Å². The van der Waals surface area contributed by atoms with Crippen LogP contribution in [0.15, 0.2) is 42.5 Å². The largest absolute Gasteiger partial charge is 1.00 e. The van der Waals surface area contributed by atoms with Crippen LogP contribution in [-0.2, 0) is 9.53 Å².